The molecule has 0 bridgehead atoms. The van der Waals surface area contributed by atoms with Gasteiger partial charge in [-0.05, 0) is 17.7 Å². The molecule has 0 aliphatic rings. The van der Waals surface area contributed by atoms with Gasteiger partial charge in [0.05, 0.1) is 10.7 Å². The summed E-state index contributed by atoms with van der Waals surface area (Å²) in [6.07, 6.45) is 0. The number of benzene rings is 1. The minimum absolute atomic E-state index is 0.0812. The van der Waals surface area contributed by atoms with Gasteiger partial charge in [0.25, 0.3) is 0 Å². The molecule has 0 unspecified atom stereocenters. The number of nitrogens with two attached hydrogens (primary N) is 1. The van der Waals surface area contributed by atoms with E-state index in [2.05, 4.69) is 0 Å². The topological polar surface area (TPSA) is 46.2 Å². The summed E-state index contributed by atoms with van der Waals surface area (Å²) >= 11 is 5.50. The van der Waals surface area contributed by atoms with Crippen LogP contribution in [0.3, 0.4) is 0 Å². The van der Waals surface area contributed by atoms with Crippen LogP contribution in [0.5, 0.6) is 5.75 Å². The van der Waals surface area contributed by atoms with Crippen molar-refractivity contribution in [2.45, 2.75) is 6.67 Å². The summed E-state index contributed by atoms with van der Waals surface area (Å²) in [5.41, 5.74) is 5.76. The van der Waals surface area contributed by atoms with Crippen LogP contribution in [-0.2, 0) is 6.67 Å². The molecule has 0 radical (unpaired) electrons. The van der Waals surface area contributed by atoms with Gasteiger partial charge in [-0.1, -0.05) is 11.6 Å². The number of alkyl halides is 1. The highest BCUT2D eigenvalue weighted by Gasteiger charge is 2.04. The number of halogens is 2. The molecule has 0 aliphatic carbocycles. The molecule has 0 amide bonds. The van der Waals surface area contributed by atoms with Crippen molar-refractivity contribution in [1.82, 2.24) is 0 Å². The Hall–Kier alpha value is -0.960. The SMILES string of the molecule is Nc1cc(CF)cc(Cl)c1O. The highest BCUT2D eigenvalue weighted by atomic mass is 35.5. The lowest BCUT2D eigenvalue weighted by Crippen LogP contribution is -1.88. The Morgan fingerprint density at radius 1 is 1.55 bits per heavy atom. The van der Waals surface area contributed by atoms with Crippen molar-refractivity contribution in [3.63, 3.8) is 0 Å². The van der Waals surface area contributed by atoms with E-state index < -0.39 is 6.67 Å². The second kappa shape index (κ2) is 2.96. The zero-order chi connectivity index (χ0) is 8.43. The molecule has 4 heteroatoms. The number of hydrogen-bond acceptors (Lipinski definition) is 2. The highest BCUT2D eigenvalue weighted by molar-refractivity contribution is 6.32. The van der Waals surface area contributed by atoms with Gasteiger partial charge in [-0.15, -0.1) is 0 Å². The van der Waals surface area contributed by atoms with Gasteiger partial charge in [0.2, 0.25) is 0 Å². The average molecular weight is 176 g/mol. The van der Waals surface area contributed by atoms with E-state index in [-0.39, 0.29) is 16.5 Å². The molecular formula is C7H7ClFNO. The Kier molecular flexibility index (Phi) is 2.19. The smallest absolute Gasteiger partial charge is 0.157 e. The standard InChI is InChI=1S/C7H7ClFNO/c8-5-1-4(3-9)2-6(10)7(5)11/h1-2,11H,3,10H2. The van der Waals surface area contributed by atoms with Gasteiger partial charge >= 0.3 is 0 Å². The molecule has 0 aliphatic heterocycles. The van der Waals surface area contributed by atoms with Gasteiger partial charge in [-0.2, -0.15) is 0 Å². The van der Waals surface area contributed by atoms with Crippen molar-refractivity contribution in [2.24, 2.45) is 0 Å². The Labute approximate surface area is 68.4 Å². The first-order valence-electron chi connectivity index (χ1n) is 2.98. The van der Waals surface area contributed by atoms with E-state index in [1.54, 1.807) is 0 Å². The maximum Gasteiger partial charge on any atom is 0.157 e. The van der Waals surface area contributed by atoms with Crippen molar-refractivity contribution in [1.29, 1.82) is 0 Å². The molecule has 1 aromatic carbocycles. The van der Waals surface area contributed by atoms with Crippen LogP contribution < -0.4 is 5.73 Å². The molecule has 1 aromatic rings. The number of anilines is 1. The van der Waals surface area contributed by atoms with Crippen LogP contribution in [0.2, 0.25) is 5.02 Å². The third-order valence-electron chi connectivity index (χ3n) is 1.31. The average Bonchev–Trinajstić information content (AvgIpc) is 1.99. The first-order valence-corrected chi connectivity index (χ1v) is 3.35. The minimum atomic E-state index is -0.635. The van der Waals surface area contributed by atoms with Crippen LogP contribution in [0.25, 0.3) is 0 Å². The van der Waals surface area contributed by atoms with E-state index in [0.717, 1.165) is 0 Å². The summed E-state index contributed by atoms with van der Waals surface area (Å²) < 4.78 is 12.0. The number of rotatable bonds is 1. The van der Waals surface area contributed by atoms with E-state index in [4.69, 9.17) is 22.4 Å². The normalized spacial score (nSPS) is 10.0. The zero-order valence-corrected chi connectivity index (χ0v) is 6.40. The third-order valence-corrected chi connectivity index (χ3v) is 1.60. The zero-order valence-electron chi connectivity index (χ0n) is 5.64. The lowest BCUT2D eigenvalue weighted by Gasteiger charge is -2.02. The van der Waals surface area contributed by atoms with E-state index >= 15 is 0 Å². The van der Waals surface area contributed by atoms with Crippen molar-refractivity contribution < 1.29 is 9.50 Å². The maximum atomic E-state index is 12.0. The molecule has 0 spiro atoms. The van der Waals surface area contributed by atoms with Crippen LogP contribution >= 0.6 is 11.6 Å². The minimum Gasteiger partial charge on any atom is -0.504 e. The van der Waals surface area contributed by atoms with Crippen molar-refractivity contribution >= 4 is 17.3 Å². The van der Waals surface area contributed by atoms with Crippen LogP contribution in [0, 0.1) is 0 Å². The Morgan fingerprint density at radius 2 is 2.18 bits per heavy atom. The van der Waals surface area contributed by atoms with Crippen LogP contribution in [0.1, 0.15) is 5.56 Å². The fourth-order valence-corrected chi connectivity index (χ4v) is 1.01. The third kappa shape index (κ3) is 1.54. The molecule has 11 heavy (non-hydrogen) atoms. The van der Waals surface area contributed by atoms with Gasteiger partial charge in [-0.25, -0.2) is 4.39 Å². The Balaban J connectivity index is 3.21. The summed E-state index contributed by atoms with van der Waals surface area (Å²) in [5.74, 6) is -0.191. The molecule has 2 nitrogen and oxygen atoms in total. The van der Waals surface area contributed by atoms with E-state index in [1.165, 1.54) is 12.1 Å². The maximum absolute atomic E-state index is 12.0. The number of aromatic hydroxyl groups is 1. The Bertz CT molecular complexity index is 254. The van der Waals surface area contributed by atoms with Crippen molar-refractivity contribution in [2.75, 3.05) is 5.73 Å². The van der Waals surface area contributed by atoms with E-state index in [0.29, 0.717) is 5.56 Å². The molecule has 0 saturated heterocycles. The van der Waals surface area contributed by atoms with Gasteiger partial charge in [0.15, 0.2) is 5.75 Å². The van der Waals surface area contributed by atoms with Crippen LogP contribution in [0.15, 0.2) is 12.1 Å². The van der Waals surface area contributed by atoms with Gasteiger partial charge in [0, 0.05) is 0 Å². The van der Waals surface area contributed by atoms with Gasteiger partial charge < -0.3 is 10.8 Å². The second-order valence-corrected chi connectivity index (χ2v) is 2.56. The monoisotopic (exact) mass is 175 g/mol. The summed E-state index contributed by atoms with van der Waals surface area (Å²) in [4.78, 5) is 0. The first-order chi connectivity index (χ1) is 5.15. The fraction of sp³-hybridized carbons (Fsp3) is 0.143. The number of hydrogen-bond donors (Lipinski definition) is 2. The van der Waals surface area contributed by atoms with Crippen LogP contribution in [0.4, 0.5) is 10.1 Å². The number of phenolic OH excluding ortho intramolecular Hbond substituents is 1. The summed E-state index contributed by atoms with van der Waals surface area (Å²) in [7, 11) is 0. The van der Waals surface area contributed by atoms with Crippen LogP contribution in [-0.4, -0.2) is 5.11 Å². The molecular weight excluding hydrogens is 169 g/mol. The molecule has 0 atom stereocenters. The number of nitrogen functional groups attached to an aromatic ring is 1. The molecule has 0 fully saturated rings. The van der Waals surface area contributed by atoms with E-state index in [9.17, 15) is 4.39 Å². The lowest BCUT2D eigenvalue weighted by molar-refractivity contribution is 0.472. The summed E-state index contributed by atoms with van der Waals surface area (Å²) in [6, 6.07) is 2.69. The van der Waals surface area contributed by atoms with E-state index in [1.807, 2.05) is 0 Å². The molecule has 60 valence electrons. The molecule has 0 saturated carbocycles. The lowest BCUT2D eigenvalue weighted by atomic mass is 10.2. The fourth-order valence-electron chi connectivity index (χ4n) is 0.756. The quantitative estimate of drug-likeness (QED) is 0.507. The summed E-state index contributed by atoms with van der Waals surface area (Å²) in [6.45, 7) is -0.635. The predicted molar refractivity (Wildman–Crippen MR) is 42.3 cm³/mol. The largest absolute Gasteiger partial charge is 0.504 e. The molecule has 1 rings (SSSR count). The summed E-state index contributed by atoms with van der Waals surface area (Å²) in [5, 5.41) is 9.13. The van der Waals surface area contributed by atoms with Crippen molar-refractivity contribution in [3.05, 3.63) is 22.7 Å². The van der Waals surface area contributed by atoms with Crippen molar-refractivity contribution in [3.8, 4) is 5.75 Å². The number of phenols is 1. The van der Waals surface area contributed by atoms with Gasteiger partial charge in [0.1, 0.15) is 6.67 Å². The molecule has 3 N–H and O–H groups in total. The highest BCUT2D eigenvalue weighted by Crippen LogP contribution is 2.30. The predicted octanol–water partition coefficient (Wildman–Crippen LogP) is 2.10. The van der Waals surface area contributed by atoms with Gasteiger partial charge in [-0.3, -0.25) is 0 Å². The molecule has 0 aromatic heterocycles. The second-order valence-electron chi connectivity index (χ2n) is 2.15. The first kappa shape index (κ1) is 8.14. The Morgan fingerprint density at radius 3 is 2.64 bits per heavy atom. The molecule has 0 heterocycles.